The Hall–Kier alpha value is -0.900. The van der Waals surface area contributed by atoms with Gasteiger partial charge in [-0.1, -0.05) is 6.07 Å². The number of rotatable bonds is 1. The van der Waals surface area contributed by atoms with Gasteiger partial charge in [-0.15, -0.1) is 0 Å². The Kier molecular flexibility index (Phi) is 4.44. The van der Waals surface area contributed by atoms with Gasteiger partial charge in [-0.05, 0) is 40.3 Å². The topological polar surface area (TPSA) is 61.8 Å². The van der Waals surface area contributed by atoms with E-state index in [-0.39, 0.29) is 36.5 Å². The largest absolute Gasteiger partial charge is 0.371 e. The molecule has 1 aromatic carbocycles. The molecule has 7 heteroatoms. The highest BCUT2D eigenvalue weighted by Gasteiger charge is 2.54. The van der Waals surface area contributed by atoms with Crippen molar-refractivity contribution in [1.82, 2.24) is 0 Å². The van der Waals surface area contributed by atoms with E-state index in [2.05, 4.69) is 0 Å². The van der Waals surface area contributed by atoms with Crippen LogP contribution in [0.1, 0.15) is 11.5 Å². The van der Waals surface area contributed by atoms with Gasteiger partial charge in [0.25, 0.3) is 0 Å². The van der Waals surface area contributed by atoms with E-state index in [1.54, 1.807) is 12.1 Å². The molecule has 4 rings (SSSR count). The summed E-state index contributed by atoms with van der Waals surface area (Å²) < 4.78 is 30.8. The van der Waals surface area contributed by atoms with Crippen LogP contribution in [-0.4, -0.2) is 50.2 Å². The molecule has 0 bridgehead atoms. The minimum atomic E-state index is -0.441. The Morgan fingerprint density at radius 1 is 0.958 bits per heavy atom. The molecule has 0 amide bonds. The number of hydrogen-bond donors (Lipinski definition) is 0. The first-order chi connectivity index (χ1) is 11.6. The van der Waals surface area contributed by atoms with Crippen LogP contribution < -0.4 is 0 Å². The normalized spacial score (nSPS) is 36.2. The van der Waals surface area contributed by atoms with Crippen molar-refractivity contribution in [3.8, 4) is 0 Å². The van der Waals surface area contributed by atoms with Gasteiger partial charge in [0.15, 0.2) is 11.6 Å². The monoisotopic (exact) mass is 446 g/mol. The van der Waals surface area contributed by atoms with E-state index in [1.165, 1.54) is 6.07 Å². The van der Waals surface area contributed by atoms with E-state index in [0.29, 0.717) is 16.8 Å². The molecule has 5 nitrogen and oxygen atoms in total. The Bertz CT molecular complexity index is 662. The van der Waals surface area contributed by atoms with Crippen molar-refractivity contribution in [3.05, 3.63) is 33.1 Å². The van der Waals surface area contributed by atoms with Crippen molar-refractivity contribution in [2.45, 2.75) is 18.1 Å². The first-order valence-electron chi connectivity index (χ1n) is 7.87. The summed E-state index contributed by atoms with van der Waals surface area (Å²) >= 11 is 1.93. The van der Waals surface area contributed by atoms with Crippen LogP contribution in [-0.2, 0) is 23.8 Å². The summed E-state index contributed by atoms with van der Waals surface area (Å²) in [5, 5.41) is 0. The SMILES string of the molecule is O=C1COCC2OC3COCC(=O)C3C(c3ccc(F)c(I)c3)C12. The predicted octanol–water partition coefficient (Wildman–Crippen LogP) is 1.71. The number of ketones is 2. The van der Waals surface area contributed by atoms with Gasteiger partial charge >= 0.3 is 0 Å². The maximum absolute atomic E-state index is 13.7. The number of carbonyl (C=O) groups excluding carboxylic acids is 2. The Balaban J connectivity index is 1.81. The predicted molar refractivity (Wildman–Crippen MR) is 89.2 cm³/mol. The zero-order chi connectivity index (χ0) is 16.8. The van der Waals surface area contributed by atoms with Crippen molar-refractivity contribution in [2.75, 3.05) is 26.4 Å². The van der Waals surface area contributed by atoms with Gasteiger partial charge in [0.1, 0.15) is 19.0 Å². The fourth-order valence-corrected chi connectivity index (χ4v) is 4.60. The smallest absolute Gasteiger partial charge is 0.164 e. The molecule has 3 aliphatic heterocycles. The first kappa shape index (κ1) is 16.6. The van der Waals surface area contributed by atoms with E-state index in [0.717, 1.165) is 5.56 Å². The van der Waals surface area contributed by atoms with Gasteiger partial charge in [-0.25, -0.2) is 4.39 Å². The third-order valence-electron chi connectivity index (χ3n) is 5.05. The van der Waals surface area contributed by atoms with Crippen LogP contribution in [0.25, 0.3) is 0 Å². The van der Waals surface area contributed by atoms with Crippen molar-refractivity contribution < 1.29 is 28.2 Å². The number of halogens is 2. The summed E-state index contributed by atoms with van der Waals surface area (Å²) in [5.74, 6) is -1.64. The number of hydrogen-bond acceptors (Lipinski definition) is 5. The average molecular weight is 446 g/mol. The second kappa shape index (κ2) is 6.44. The molecule has 3 fully saturated rings. The molecular weight excluding hydrogens is 430 g/mol. The van der Waals surface area contributed by atoms with Crippen LogP contribution in [0.3, 0.4) is 0 Å². The maximum atomic E-state index is 13.7. The average Bonchev–Trinajstić information content (AvgIpc) is 2.56. The maximum Gasteiger partial charge on any atom is 0.164 e. The van der Waals surface area contributed by atoms with Gasteiger partial charge in [-0.3, -0.25) is 9.59 Å². The van der Waals surface area contributed by atoms with Crippen LogP contribution in [0.4, 0.5) is 4.39 Å². The Labute approximate surface area is 152 Å². The van der Waals surface area contributed by atoms with Gasteiger partial charge < -0.3 is 14.2 Å². The van der Waals surface area contributed by atoms with E-state index in [4.69, 9.17) is 14.2 Å². The van der Waals surface area contributed by atoms with E-state index in [9.17, 15) is 14.0 Å². The molecule has 4 atom stereocenters. The number of Topliss-reactive ketones (excluding diaryl/α,β-unsaturated/α-hetero) is 2. The highest BCUT2D eigenvalue weighted by atomic mass is 127. The zero-order valence-electron chi connectivity index (χ0n) is 12.7. The summed E-state index contributed by atoms with van der Waals surface area (Å²) in [5.41, 5.74) is 0.805. The number of benzene rings is 1. The molecule has 24 heavy (non-hydrogen) atoms. The van der Waals surface area contributed by atoms with Gasteiger partial charge in [0.05, 0.1) is 37.3 Å². The molecule has 3 aliphatic rings. The summed E-state index contributed by atoms with van der Waals surface area (Å²) in [4.78, 5) is 25.0. The Morgan fingerprint density at radius 3 is 2.08 bits per heavy atom. The van der Waals surface area contributed by atoms with Crippen molar-refractivity contribution >= 4 is 34.2 Å². The second-order valence-corrected chi connectivity index (χ2v) is 7.59. The summed E-state index contributed by atoms with van der Waals surface area (Å²) in [7, 11) is 0. The zero-order valence-corrected chi connectivity index (χ0v) is 14.9. The lowest BCUT2D eigenvalue weighted by atomic mass is 9.66. The highest BCUT2D eigenvalue weighted by molar-refractivity contribution is 14.1. The molecule has 0 saturated carbocycles. The number of ether oxygens (including phenoxy) is 3. The fraction of sp³-hybridized carbons (Fsp3) is 0.529. The molecule has 0 spiro atoms. The van der Waals surface area contributed by atoms with Gasteiger partial charge in [0.2, 0.25) is 0 Å². The molecule has 0 N–H and O–H groups in total. The van der Waals surface area contributed by atoms with Crippen molar-refractivity contribution in [2.24, 2.45) is 11.8 Å². The molecule has 0 radical (unpaired) electrons. The number of carbonyl (C=O) groups is 2. The van der Waals surface area contributed by atoms with Crippen LogP contribution in [0, 0.1) is 21.2 Å². The Morgan fingerprint density at radius 2 is 1.54 bits per heavy atom. The second-order valence-electron chi connectivity index (χ2n) is 6.43. The summed E-state index contributed by atoms with van der Waals surface area (Å²) in [6.45, 7) is 0.702. The molecule has 4 unspecified atom stereocenters. The third kappa shape index (κ3) is 2.71. The first-order valence-corrected chi connectivity index (χ1v) is 8.95. The molecule has 1 aromatic rings. The molecule has 0 aliphatic carbocycles. The minimum Gasteiger partial charge on any atom is -0.371 e. The molecular formula is C17H16FIO5. The van der Waals surface area contributed by atoms with Gasteiger partial charge in [0, 0.05) is 9.49 Å². The minimum absolute atomic E-state index is 0.0292. The van der Waals surface area contributed by atoms with Crippen molar-refractivity contribution in [3.63, 3.8) is 0 Å². The quantitative estimate of drug-likeness (QED) is 0.615. The summed E-state index contributed by atoms with van der Waals surface area (Å²) in [6, 6.07) is 4.79. The number of fused-ring (bicyclic) bond motifs is 2. The highest BCUT2D eigenvalue weighted by Crippen LogP contribution is 2.46. The van der Waals surface area contributed by atoms with Crippen LogP contribution in [0.5, 0.6) is 0 Å². The standard InChI is InChI=1S/C17H16FIO5/c18-9-2-1-8(3-10(9)19)15-16-11(20)4-22-6-13(16)24-14-7-23-5-12(21)17(14)15/h1-3,13-17H,4-7H2. The lowest BCUT2D eigenvalue weighted by Crippen LogP contribution is -2.59. The molecule has 0 aromatic heterocycles. The van der Waals surface area contributed by atoms with E-state index >= 15 is 0 Å². The van der Waals surface area contributed by atoms with Crippen LogP contribution in [0.15, 0.2) is 18.2 Å². The van der Waals surface area contributed by atoms with E-state index in [1.807, 2.05) is 22.6 Å². The van der Waals surface area contributed by atoms with E-state index < -0.39 is 24.0 Å². The third-order valence-corrected chi connectivity index (χ3v) is 5.88. The molecule has 3 heterocycles. The summed E-state index contributed by atoms with van der Waals surface area (Å²) in [6.07, 6.45) is -0.788. The lowest BCUT2D eigenvalue weighted by molar-refractivity contribution is -0.203. The van der Waals surface area contributed by atoms with Crippen LogP contribution in [0.2, 0.25) is 0 Å². The molecule has 3 saturated heterocycles. The molecule has 128 valence electrons. The van der Waals surface area contributed by atoms with Gasteiger partial charge in [-0.2, -0.15) is 0 Å². The van der Waals surface area contributed by atoms with Crippen molar-refractivity contribution in [1.29, 1.82) is 0 Å². The lowest BCUT2D eigenvalue weighted by Gasteiger charge is -2.49. The van der Waals surface area contributed by atoms with Crippen LogP contribution >= 0.6 is 22.6 Å². The fourth-order valence-electron chi connectivity index (χ4n) is 4.06.